The Morgan fingerprint density at radius 2 is 2.22 bits per heavy atom. The average Bonchev–Trinajstić information content (AvgIpc) is 3.12. The second-order valence-electron chi connectivity index (χ2n) is 5.15. The van der Waals surface area contributed by atoms with Crippen LogP contribution in [0, 0.1) is 0 Å². The fourth-order valence-electron chi connectivity index (χ4n) is 2.51. The minimum absolute atomic E-state index is 0.00157. The number of carbonyl (C=O) groups is 1. The maximum Gasteiger partial charge on any atom is 0.252 e. The summed E-state index contributed by atoms with van der Waals surface area (Å²) >= 11 is 1.64. The zero-order valence-corrected chi connectivity index (χ0v) is 13.9. The molecule has 1 N–H and O–H groups in total. The van der Waals surface area contributed by atoms with E-state index in [1.807, 2.05) is 17.5 Å². The normalized spacial score (nSPS) is 14.2. The number of ether oxygens (including phenoxy) is 3. The van der Waals surface area contributed by atoms with Crippen LogP contribution in [0.2, 0.25) is 0 Å². The lowest BCUT2D eigenvalue weighted by atomic mass is 10.1. The van der Waals surface area contributed by atoms with Gasteiger partial charge >= 0.3 is 0 Å². The summed E-state index contributed by atoms with van der Waals surface area (Å²) < 4.78 is 16.5. The van der Waals surface area contributed by atoms with Crippen LogP contribution in [-0.2, 0) is 0 Å². The summed E-state index contributed by atoms with van der Waals surface area (Å²) in [4.78, 5) is 13.7. The molecule has 3 rings (SSSR count). The molecular formula is C17H19NO4S. The van der Waals surface area contributed by atoms with Gasteiger partial charge in [0.2, 0.25) is 5.75 Å². The van der Waals surface area contributed by atoms with Crippen LogP contribution >= 0.6 is 11.3 Å². The van der Waals surface area contributed by atoms with E-state index in [2.05, 4.69) is 12.2 Å². The molecule has 1 aliphatic heterocycles. The first-order valence-corrected chi connectivity index (χ1v) is 8.42. The lowest BCUT2D eigenvalue weighted by molar-refractivity contribution is 0.0934. The van der Waals surface area contributed by atoms with Gasteiger partial charge in [0.25, 0.3) is 5.91 Å². The summed E-state index contributed by atoms with van der Waals surface area (Å²) in [6.45, 7) is 2.99. The van der Waals surface area contributed by atoms with Gasteiger partial charge in [-0.15, -0.1) is 11.3 Å². The van der Waals surface area contributed by atoms with E-state index in [9.17, 15) is 4.79 Å². The Morgan fingerprint density at radius 1 is 1.39 bits per heavy atom. The van der Waals surface area contributed by atoms with Crippen molar-refractivity contribution in [3.05, 3.63) is 40.1 Å². The first-order valence-electron chi connectivity index (χ1n) is 7.54. The summed E-state index contributed by atoms with van der Waals surface area (Å²) in [6, 6.07) is 7.41. The van der Waals surface area contributed by atoms with Gasteiger partial charge in [0.15, 0.2) is 11.5 Å². The molecule has 1 amide bonds. The van der Waals surface area contributed by atoms with Crippen molar-refractivity contribution in [3.8, 4) is 17.2 Å². The van der Waals surface area contributed by atoms with Crippen molar-refractivity contribution in [1.82, 2.24) is 5.32 Å². The first-order chi connectivity index (χ1) is 11.2. The van der Waals surface area contributed by atoms with Crippen molar-refractivity contribution < 1.29 is 19.0 Å². The van der Waals surface area contributed by atoms with E-state index in [1.165, 1.54) is 0 Å². The smallest absolute Gasteiger partial charge is 0.252 e. The standard InChI is InChI=1S/C17H19NO4S/c1-3-12(15-5-4-8-23-15)18-17(19)11-9-13(20-2)16-14(10-11)21-6-7-22-16/h4-5,8-10,12H,3,6-7H2,1-2H3,(H,18,19)/t12-/m0/s1. The van der Waals surface area contributed by atoms with E-state index in [-0.39, 0.29) is 11.9 Å². The molecule has 0 bridgehead atoms. The quantitative estimate of drug-likeness (QED) is 0.911. The highest BCUT2D eigenvalue weighted by molar-refractivity contribution is 7.10. The van der Waals surface area contributed by atoms with E-state index >= 15 is 0 Å². The zero-order chi connectivity index (χ0) is 16.2. The Labute approximate surface area is 139 Å². The van der Waals surface area contributed by atoms with Crippen molar-refractivity contribution in [1.29, 1.82) is 0 Å². The highest BCUT2D eigenvalue weighted by Gasteiger charge is 2.22. The number of rotatable bonds is 5. The van der Waals surface area contributed by atoms with Crippen LogP contribution < -0.4 is 19.5 Å². The van der Waals surface area contributed by atoms with Crippen molar-refractivity contribution in [3.63, 3.8) is 0 Å². The molecule has 1 aromatic carbocycles. The van der Waals surface area contributed by atoms with Crippen LogP contribution in [0.5, 0.6) is 17.2 Å². The first kappa shape index (κ1) is 15.7. The number of amides is 1. The van der Waals surface area contributed by atoms with Gasteiger partial charge in [-0.3, -0.25) is 4.79 Å². The Morgan fingerprint density at radius 3 is 2.91 bits per heavy atom. The lowest BCUT2D eigenvalue weighted by Gasteiger charge is -2.22. The number of hydrogen-bond acceptors (Lipinski definition) is 5. The van der Waals surface area contributed by atoms with Crippen LogP contribution in [-0.4, -0.2) is 26.2 Å². The molecule has 1 aliphatic rings. The molecule has 5 nitrogen and oxygen atoms in total. The van der Waals surface area contributed by atoms with Crippen LogP contribution in [0.4, 0.5) is 0 Å². The number of carbonyl (C=O) groups excluding carboxylic acids is 1. The zero-order valence-electron chi connectivity index (χ0n) is 13.1. The Kier molecular flexibility index (Phi) is 4.71. The molecule has 0 unspecified atom stereocenters. The lowest BCUT2D eigenvalue weighted by Crippen LogP contribution is -2.28. The SMILES string of the molecule is CC[C@H](NC(=O)c1cc(OC)c2c(c1)OCCO2)c1cccs1. The highest BCUT2D eigenvalue weighted by atomic mass is 32.1. The third kappa shape index (κ3) is 3.27. The van der Waals surface area contributed by atoms with E-state index < -0.39 is 0 Å². The number of fused-ring (bicyclic) bond motifs is 1. The number of methoxy groups -OCH3 is 1. The summed E-state index contributed by atoms with van der Waals surface area (Å²) in [5.74, 6) is 1.46. The van der Waals surface area contributed by atoms with Crippen molar-refractivity contribution >= 4 is 17.2 Å². The molecule has 0 fully saturated rings. The van der Waals surface area contributed by atoms with Crippen molar-refractivity contribution in [2.75, 3.05) is 20.3 Å². The van der Waals surface area contributed by atoms with E-state index in [0.29, 0.717) is 36.0 Å². The van der Waals surface area contributed by atoms with E-state index in [0.717, 1.165) is 11.3 Å². The molecule has 0 aliphatic carbocycles. The molecule has 2 aromatic rings. The Bertz CT molecular complexity index is 667. The summed E-state index contributed by atoms with van der Waals surface area (Å²) in [7, 11) is 1.55. The molecule has 0 saturated carbocycles. The van der Waals surface area contributed by atoms with Crippen LogP contribution in [0.3, 0.4) is 0 Å². The second-order valence-corrected chi connectivity index (χ2v) is 6.13. The van der Waals surface area contributed by atoms with Gasteiger partial charge in [-0.25, -0.2) is 0 Å². The van der Waals surface area contributed by atoms with Gasteiger partial charge in [0, 0.05) is 10.4 Å². The Hall–Kier alpha value is -2.21. The van der Waals surface area contributed by atoms with Crippen LogP contribution in [0.15, 0.2) is 29.6 Å². The number of hydrogen-bond donors (Lipinski definition) is 1. The van der Waals surface area contributed by atoms with E-state index in [1.54, 1.807) is 30.6 Å². The van der Waals surface area contributed by atoms with Gasteiger partial charge in [-0.1, -0.05) is 13.0 Å². The number of nitrogens with one attached hydrogen (secondary N) is 1. The maximum atomic E-state index is 12.6. The maximum absolute atomic E-state index is 12.6. The average molecular weight is 333 g/mol. The van der Waals surface area contributed by atoms with Crippen molar-refractivity contribution in [2.45, 2.75) is 19.4 Å². The predicted molar refractivity (Wildman–Crippen MR) is 88.8 cm³/mol. The monoisotopic (exact) mass is 333 g/mol. The van der Waals surface area contributed by atoms with Crippen molar-refractivity contribution in [2.24, 2.45) is 0 Å². The molecule has 2 heterocycles. The van der Waals surface area contributed by atoms with E-state index in [4.69, 9.17) is 14.2 Å². The number of thiophene rings is 1. The minimum Gasteiger partial charge on any atom is -0.493 e. The molecule has 0 spiro atoms. The van der Waals surface area contributed by atoms with Crippen LogP contribution in [0.1, 0.15) is 34.6 Å². The summed E-state index contributed by atoms with van der Waals surface area (Å²) in [5.41, 5.74) is 0.501. The highest BCUT2D eigenvalue weighted by Crippen LogP contribution is 2.40. The molecule has 122 valence electrons. The van der Waals surface area contributed by atoms with Gasteiger partial charge in [0.1, 0.15) is 13.2 Å². The van der Waals surface area contributed by atoms with Gasteiger partial charge in [-0.05, 0) is 30.0 Å². The number of benzene rings is 1. The molecule has 23 heavy (non-hydrogen) atoms. The fourth-order valence-corrected chi connectivity index (χ4v) is 3.37. The molecule has 1 atom stereocenters. The molecule has 1 aromatic heterocycles. The van der Waals surface area contributed by atoms with Crippen LogP contribution in [0.25, 0.3) is 0 Å². The molecule has 0 saturated heterocycles. The largest absolute Gasteiger partial charge is 0.493 e. The molecular weight excluding hydrogens is 314 g/mol. The Balaban J connectivity index is 1.84. The third-order valence-corrected chi connectivity index (χ3v) is 4.68. The molecule has 0 radical (unpaired) electrons. The molecule has 6 heteroatoms. The summed E-state index contributed by atoms with van der Waals surface area (Å²) in [5, 5.41) is 5.07. The second kappa shape index (κ2) is 6.91. The van der Waals surface area contributed by atoms with Gasteiger partial charge < -0.3 is 19.5 Å². The van der Waals surface area contributed by atoms with Gasteiger partial charge in [-0.2, -0.15) is 0 Å². The fraction of sp³-hybridized carbons (Fsp3) is 0.353. The minimum atomic E-state index is -0.152. The third-order valence-electron chi connectivity index (χ3n) is 3.69. The predicted octanol–water partition coefficient (Wildman–Crippen LogP) is 3.41. The van der Waals surface area contributed by atoms with Gasteiger partial charge in [0.05, 0.1) is 13.2 Å². The topological polar surface area (TPSA) is 56.8 Å². The summed E-state index contributed by atoms with van der Waals surface area (Å²) in [6.07, 6.45) is 0.827.